The van der Waals surface area contributed by atoms with Gasteiger partial charge in [0, 0.05) is 0 Å². The molecule has 0 atom stereocenters. The summed E-state index contributed by atoms with van der Waals surface area (Å²) in [6, 6.07) is 84.0. The second kappa shape index (κ2) is 14.5. The zero-order valence-electron chi connectivity index (χ0n) is 30.9. The van der Waals surface area contributed by atoms with Gasteiger partial charge >= 0.3 is 0 Å². The van der Waals surface area contributed by atoms with E-state index in [1.54, 1.807) is 0 Å². The minimum Gasteiger partial charge on any atom is -0.0622 e. The quantitative estimate of drug-likeness (QED) is 0.144. The van der Waals surface area contributed by atoms with Crippen LogP contribution in [0.3, 0.4) is 0 Å². The first-order valence-corrected chi connectivity index (χ1v) is 19.3. The van der Waals surface area contributed by atoms with Gasteiger partial charge in [0.05, 0.1) is 0 Å². The molecule has 0 heteroatoms. The molecule has 0 heterocycles. The van der Waals surface area contributed by atoms with E-state index in [1.807, 2.05) is 0 Å². The molecule has 0 nitrogen and oxygen atoms in total. The zero-order valence-corrected chi connectivity index (χ0v) is 30.9. The molecule has 10 aromatic rings. The molecule has 0 aliphatic carbocycles. The van der Waals surface area contributed by atoms with Crippen LogP contribution >= 0.6 is 0 Å². The lowest BCUT2D eigenvalue weighted by atomic mass is 9.83. The third-order valence-corrected chi connectivity index (χ3v) is 11.1. The summed E-state index contributed by atoms with van der Waals surface area (Å²) in [4.78, 5) is 0. The maximum Gasteiger partial charge on any atom is -0.00261 e. The van der Waals surface area contributed by atoms with Crippen molar-refractivity contribution in [1.29, 1.82) is 0 Å². The fourth-order valence-corrected chi connectivity index (χ4v) is 8.25. The predicted molar refractivity (Wildman–Crippen MR) is 240 cm³/mol. The molecule has 0 saturated heterocycles. The molecule has 0 aromatic heterocycles. The number of rotatable bonds is 7. The van der Waals surface area contributed by atoms with Gasteiger partial charge in [0.1, 0.15) is 0 Å². The molecule has 0 amide bonds. The lowest BCUT2D eigenvalue weighted by Gasteiger charge is -2.20. The fraction of sp³-hybridized carbons (Fsp3) is 0. The van der Waals surface area contributed by atoms with Crippen molar-refractivity contribution in [3.8, 4) is 77.9 Å². The Morgan fingerprint density at radius 2 is 0.357 bits per heavy atom. The van der Waals surface area contributed by atoms with Crippen LogP contribution < -0.4 is 0 Å². The molecule has 0 saturated carbocycles. The van der Waals surface area contributed by atoms with Crippen molar-refractivity contribution in [2.45, 2.75) is 0 Å². The zero-order chi connectivity index (χ0) is 37.3. The van der Waals surface area contributed by atoms with Gasteiger partial charge in [0.25, 0.3) is 0 Å². The van der Waals surface area contributed by atoms with Gasteiger partial charge < -0.3 is 0 Å². The fourth-order valence-electron chi connectivity index (χ4n) is 8.25. The number of fused-ring (bicyclic) bond motifs is 2. The van der Waals surface area contributed by atoms with Gasteiger partial charge in [-0.15, -0.1) is 0 Å². The van der Waals surface area contributed by atoms with Crippen LogP contribution in [0.4, 0.5) is 0 Å². The van der Waals surface area contributed by atoms with Gasteiger partial charge in [-0.2, -0.15) is 0 Å². The Balaban J connectivity index is 1.19. The molecule has 262 valence electrons. The summed E-state index contributed by atoms with van der Waals surface area (Å²) in [6.45, 7) is 0. The Kier molecular flexibility index (Phi) is 8.63. The Morgan fingerprint density at radius 3 is 0.679 bits per heavy atom. The van der Waals surface area contributed by atoms with Crippen LogP contribution in [0.2, 0.25) is 0 Å². The van der Waals surface area contributed by atoms with Crippen molar-refractivity contribution < 1.29 is 0 Å². The summed E-state index contributed by atoms with van der Waals surface area (Å²) in [5.74, 6) is 0. The molecular formula is C56H38. The topological polar surface area (TPSA) is 0 Å². The Labute approximate surface area is 328 Å². The third-order valence-electron chi connectivity index (χ3n) is 11.1. The second-order valence-corrected chi connectivity index (χ2v) is 14.5. The summed E-state index contributed by atoms with van der Waals surface area (Å²) in [5.41, 5.74) is 17.1. The minimum atomic E-state index is 1.20. The van der Waals surface area contributed by atoms with E-state index < -0.39 is 0 Å². The minimum absolute atomic E-state index is 1.20. The molecule has 56 heavy (non-hydrogen) atoms. The van der Waals surface area contributed by atoms with Gasteiger partial charge in [-0.25, -0.2) is 0 Å². The number of benzene rings is 10. The van der Waals surface area contributed by atoms with Gasteiger partial charge in [-0.05, 0) is 112 Å². The monoisotopic (exact) mass is 710 g/mol. The average molecular weight is 711 g/mol. The van der Waals surface area contributed by atoms with E-state index in [1.165, 1.54) is 99.4 Å². The second-order valence-electron chi connectivity index (χ2n) is 14.5. The van der Waals surface area contributed by atoms with E-state index in [0.29, 0.717) is 0 Å². The molecule has 0 aliphatic rings. The van der Waals surface area contributed by atoms with E-state index in [2.05, 4.69) is 231 Å². The normalized spacial score (nSPS) is 11.2. The molecule has 0 aliphatic heterocycles. The predicted octanol–water partition coefficient (Wildman–Crippen LogP) is 15.7. The molecule has 0 unspecified atom stereocenters. The molecule has 0 fully saturated rings. The first-order valence-electron chi connectivity index (χ1n) is 19.3. The van der Waals surface area contributed by atoms with E-state index in [9.17, 15) is 0 Å². The van der Waals surface area contributed by atoms with Crippen LogP contribution in [0.25, 0.3) is 99.4 Å². The Hall–Kier alpha value is -7.28. The van der Waals surface area contributed by atoms with Crippen molar-refractivity contribution in [2.24, 2.45) is 0 Å². The Bertz CT molecular complexity index is 2930. The summed E-state index contributed by atoms with van der Waals surface area (Å²) in [5, 5.41) is 4.97. The highest BCUT2D eigenvalue weighted by Crippen LogP contribution is 2.46. The standard InChI is InChI=1S/C56H38/c1-5-13-39(14-6-1)42-21-25-45(26-22-42)49-34-36-52-53(37-49)55(47-19-11-4-12-20-47)51-35-33-50(46-27-23-43(24-28-46)40-15-7-2-8-16-40)38-54(51)56(52)48-31-29-44(30-32-48)41-17-9-3-10-18-41/h1-38H. The SMILES string of the molecule is c1ccc(-c2ccc(-c3ccc4c(-c5ccc(-c6ccccc6)cc5)c5cc(-c6ccc(-c7ccccc7)cc6)ccc5c(-c5ccccc5)c4c3)cc2)cc1. The van der Waals surface area contributed by atoms with Crippen molar-refractivity contribution in [3.63, 3.8) is 0 Å². The maximum absolute atomic E-state index is 2.41. The number of hydrogen-bond donors (Lipinski definition) is 0. The van der Waals surface area contributed by atoms with Gasteiger partial charge in [0.15, 0.2) is 0 Å². The van der Waals surface area contributed by atoms with Crippen molar-refractivity contribution in [2.75, 3.05) is 0 Å². The largest absolute Gasteiger partial charge is 0.0622 e. The van der Waals surface area contributed by atoms with Crippen LogP contribution in [0.1, 0.15) is 0 Å². The van der Waals surface area contributed by atoms with Gasteiger partial charge in [-0.3, -0.25) is 0 Å². The molecule has 0 bridgehead atoms. The summed E-state index contributed by atoms with van der Waals surface area (Å²) in [7, 11) is 0. The van der Waals surface area contributed by atoms with Gasteiger partial charge in [0.2, 0.25) is 0 Å². The summed E-state index contributed by atoms with van der Waals surface area (Å²) < 4.78 is 0. The van der Waals surface area contributed by atoms with E-state index >= 15 is 0 Å². The van der Waals surface area contributed by atoms with Crippen LogP contribution in [0.15, 0.2) is 231 Å². The van der Waals surface area contributed by atoms with Crippen LogP contribution in [-0.4, -0.2) is 0 Å². The lowest BCUT2D eigenvalue weighted by molar-refractivity contribution is 1.59. The number of hydrogen-bond acceptors (Lipinski definition) is 0. The summed E-state index contributed by atoms with van der Waals surface area (Å²) >= 11 is 0. The molecule has 0 N–H and O–H groups in total. The van der Waals surface area contributed by atoms with Gasteiger partial charge in [-0.1, -0.05) is 218 Å². The molecule has 0 spiro atoms. The highest BCUT2D eigenvalue weighted by Gasteiger charge is 2.19. The highest BCUT2D eigenvalue weighted by atomic mass is 14.2. The van der Waals surface area contributed by atoms with Crippen LogP contribution in [0.5, 0.6) is 0 Å². The van der Waals surface area contributed by atoms with E-state index in [0.717, 1.165) is 0 Å². The first kappa shape index (κ1) is 33.3. The van der Waals surface area contributed by atoms with Crippen molar-refractivity contribution in [3.05, 3.63) is 231 Å². The van der Waals surface area contributed by atoms with E-state index in [4.69, 9.17) is 0 Å². The summed E-state index contributed by atoms with van der Waals surface area (Å²) in [6.07, 6.45) is 0. The highest BCUT2D eigenvalue weighted by molar-refractivity contribution is 6.22. The van der Waals surface area contributed by atoms with Crippen LogP contribution in [0, 0.1) is 0 Å². The third kappa shape index (κ3) is 6.28. The van der Waals surface area contributed by atoms with Crippen LogP contribution in [-0.2, 0) is 0 Å². The molecular weight excluding hydrogens is 673 g/mol. The average Bonchev–Trinajstić information content (AvgIpc) is 3.29. The first-order chi connectivity index (χ1) is 27.8. The maximum atomic E-state index is 2.41. The van der Waals surface area contributed by atoms with Crippen molar-refractivity contribution >= 4 is 21.5 Å². The molecule has 0 radical (unpaired) electrons. The molecule has 10 rings (SSSR count). The van der Waals surface area contributed by atoms with E-state index in [-0.39, 0.29) is 0 Å². The van der Waals surface area contributed by atoms with Crippen molar-refractivity contribution in [1.82, 2.24) is 0 Å². The Morgan fingerprint density at radius 1 is 0.143 bits per heavy atom. The molecule has 10 aromatic carbocycles. The smallest absolute Gasteiger partial charge is 0.00261 e. The lowest BCUT2D eigenvalue weighted by Crippen LogP contribution is -1.93.